The number of nitrogens with one attached hydrogen (secondary N) is 2. The second-order valence-electron chi connectivity index (χ2n) is 4.60. The molecule has 18 heavy (non-hydrogen) atoms. The summed E-state index contributed by atoms with van der Waals surface area (Å²) < 4.78 is 0. The number of aliphatic hydroxyl groups excluding tert-OH is 1. The number of aliphatic hydroxyl groups is 1. The summed E-state index contributed by atoms with van der Waals surface area (Å²) in [5.41, 5.74) is 2.16. The molecular formula is C14H20N2O2. The molecule has 3 N–H and O–H groups in total. The van der Waals surface area contributed by atoms with E-state index in [1.165, 1.54) is 0 Å². The van der Waals surface area contributed by atoms with Crippen LogP contribution < -0.4 is 10.6 Å². The molecule has 1 aromatic carbocycles. The number of rotatable bonds is 6. The van der Waals surface area contributed by atoms with E-state index < -0.39 is 0 Å². The van der Waals surface area contributed by atoms with Crippen LogP contribution in [0.15, 0.2) is 24.3 Å². The van der Waals surface area contributed by atoms with E-state index in [1.807, 2.05) is 24.3 Å². The monoisotopic (exact) mass is 248 g/mol. The zero-order valence-electron chi connectivity index (χ0n) is 10.5. The molecule has 2 rings (SSSR count). The molecule has 1 aliphatic heterocycles. The van der Waals surface area contributed by atoms with Crippen molar-refractivity contribution in [3.63, 3.8) is 0 Å². The third kappa shape index (κ3) is 3.01. The fraction of sp³-hybridized carbons (Fsp3) is 0.500. The molecule has 1 amide bonds. The Kier molecular flexibility index (Phi) is 4.59. The summed E-state index contributed by atoms with van der Waals surface area (Å²) in [7, 11) is 0. The van der Waals surface area contributed by atoms with Crippen LogP contribution in [-0.4, -0.2) is 30.7 Å². The largest absolute Gasteiger partial charge is 0.396 e. The zero-order chi connectivity index (χ0) is 12.8. The van der Waals surface area contributed by atoms with Gasteiger partial charge in [0.25, 0.3) is 0 Å². The van der Waals surface area contributed by atoms with Gasteiger partial charge >= 0.3 is 0 Å². The molecule has 1 atom stereocenters. The molecule has 0 aromatic heterocycles. The van der Waals surface area contributed by atoms with E-state index in [0.717, 1.165) is 30.5 Å². The molecule has 98 valence electrons. The van der Waals surface area contributed by atoms with Crippen molar-refractivity contribution in [2.45, 2.75) is 25.2 Å². The van der Waals surface area contributed by atoms with E-state index in [-0.39, 0.29) is 18.4 Å². The molecule has 1 aromatic rings. The fourth-order valence-electron chi connectivity index (χ4n) is 2.27. The first-order chi connectivity index (χ1) is 8.83. The predicted molar refractivity (Wildman–Crippen MR) is 71.6 cm³/mol. The van der Waals surface area contributed by atoms with E-state index in [1.54, 1.807) is 0 Å². The van der Waals surface area contributed by atoms with Crippen molar-refractivity contribution in [2.75, 3.05) is 25.0 Å². The number of para-hydroxylation sites is 1. The lowest BCUT2D eigenvalue weighted by Gasteiger charge is -2.11. The molecule has 0 radical (unpaired) electrons. The first kappa shape index (κ1) is 12.9. The molecule has 1 heterocycles. The Balaban J connectivity index is 1.80. The number of benzene rings is 1. The van der Waals surface area contributed by atoms with Crippen LogP contribution in [0.5, 0.6) is 0 Å². The summed E-state index contributed by atoms with van der Waals surface area (Å²) in [5, 5.41) is 14.9. The van der Waals surface area contributed by atoms with Crippen LogP contribution in [0.4, 0.5) is 5.69 Å². The average Bonchev–Trinajstić information content (AvgIpc) is 2.82. The van der Waals surface area contributed by atoms with Gasteiger partial charge < -0.3 is 15.7 Å². The van der Waals surface area contributed by atoms with E-state index in [0.29, 0.717) is 13.1 Å². The highest BCUT2D eigenvalue weighted by Crippen LogP contribution is 2.30. The number of anilines is 1. The SMILES string of the molecule is O=C(NCCCCCO)C1CNc2ccccc21. The maximum Gasteiger partial charge on any atom is 0.229 e. The number of carbonyl (C=O) groups is 1. The van der Waals surface area contributed by atoms with E-state index in [9.17, 15) is 4.79 Å². The highest BCUT2D eigenvalue weighted by molar-refractivity contribution is 5.88. The normalized spacial score (nSPS) is 17.1. The Hall–Kier alpha value is -1.55. The van der Waals surface area contributed by atoms with E-state index in [4.69, 9.17) is 5.11 Å². The fourth-order valence-corrected chi connectivity index (χ4v) is 2.27. The van der Waals surface area contributed by atoms with Gasteiger partial charge in [-0.1, -0.05) is 18.2 Å². The summed E-state index contributed by atoms with van der Waals surface area (Å²) in [6, 6.07) is 7.95. The summed E-state index contributed by atoms with van der Waals surface area (Å²) >= 11 is 0. The third-order valence-corrected chi connectivity index (χ3v) is 3.28. The molecule has 0 saturated carbocycles. The van der Waals surface area contributed by atoms with Crippen molar-refractivity contribution in [3.05, 3.63) is 29.8 Å². The highest BCUT2D eigenvalue weighted by Gasteiger charge is 2.27. The van der Waals surface area contributed by atoms with Gasteiger partial charge in [0, 0.05) is 25.4 Å². The molecule has 4 nitrogen and oxygen atoms in total. The third-order valence-electron chi connectivity index (χ3n) is 3.28. The van der Waals surface area contributed by atoms with Gasteiger partial charge in [-0.05, 0) is 30.9 Å². The predicted octanol–water partition coefficient (Wildman–Crippen LogP) is 1.47. The van der Waals surface area contributed by atoms with E-state index >= 15 is 0 Å². The van der Waals surface area contributed by atoms with E-state index in [2.05, 4.69) is 10.6 Å². The van der Waals surface area contributed by atoms with Gasteiger partial charge in [-0.25, -0.2) is 0 Å². The Morgan fingerprint density at radius 2 is 2.17 bits per heavy atom. The minimum Gasteiger partial charge on any atom is -0.396 e. The van der Waals surface area contributed by atoms with Gasteiger partial charge in [-0.2, -0.15) is 0 Å². The average molecular weight is 248 g/mol. The second-order valence-corrected chi connectivity index (χ2v) is 4.60. The lowest BCUT2D eigenvalue weighted by molar-refractivity contribution is -0.122. The minimum atomic E-state index is -0.0703. The molecule has 0 spiro atoms. The van der Waals surface area contributed by atoms with Crippen LogP contribution in [0.25, 0.3) is 0 Å². The summed E-state index contributed by atoms with van der Waals surface area (Å²) in [5.74, 6) is 0.0236. The molecular weight excluding hydrogens is 228 g/mol. The molecule has 4 heteroatoms. The Bertz CT molecular complexity index is 407. The van der Waals surface area contributed by atoms with Gasteiger partial charge in [0.05, 0.1) is 5.92 Å². The van der Waals surface area contributed by atoms with Crippen LogP contribution in [-0.2, 0) is 4.79 Å². The number of unbranched alkanes of at least 4 members (excludes halogenated alkanes) is 2. The number of amides is 1. The van der Waals surface area contributed by atoms with Crippen molar-refractivity contribution < 1.29 is 9.90 Å². The van der Waals surface area contributed by atoms with Crippen molar-refractivity contribution in [3.8, 4) is 0 Å². The maximum absolute atomic E-state index is 12.0. The van der Waals surface area contributed by atoms with Gasteiger partial charge in [-0.3, -0.25) is 4.79 Å². The van der Waals surface area contributed by atoms with Gasteiger partial charge in [-0.15, -0.1) is 0 Å². The standard InChI is InChI=1S/C14H20N2O2/c17-9-5-1-4-8-15-14(18)12-10-16-13-7-3-2-6-11(12)13/h2-3,6-7,12,16-17H,1,4-5,8-10H2,(H,15,18). The molecule has 0 bridgehead atoms. The lowest BCUT2D eigenvalue weighted by Crippen LogP contribution is -2.31. The highest BCUT2D eigenvalue weighted by atomic mass is 16.2. The molecule has 1 unspecified atom stereocenters. The molecule has 0 aliphatic carbocycles. The number of hydrogen-bond acceptors (Lipinski definition) is 3. The Morgan fingerprint density at radius 1 is 1.33 bits per heavy atom. The number of fused-ring (bicyclic) bond motifs is 1. The van der Waals surface area contributed by atoms with Crippen LogP contribution >= 0.6 is 0 Å². The molecule has 0 fully saturated rings. The lowest BCUT2D eigenvalue weighted by atomic mass is 10.0. The summed E-state index contributed by atoms with van der Waals surface area (Å²) in [4.78, 5) is 12.0. The van der Waals surface area contributed by atoms with Crippen LogP contribution in [0.2, 0.25) is 0 Å². The Labute approximate surface area is 107 Å². The zero-order valence-corrected chi connectivity index (χ0v) is 10.5. The first-order valence-corrected chi connectivity index (χ1v) is 6.54. The minimum absolute atomic E-state index is 0.0703. The summed E-state index contributed by atoms with van der Waals surface area (Å²) in [6.45, 7) is 1.60. The van der Waals surface area contributed by atoms with Crippen LogP contribution in [0, 0.1) is 0 Å². The van der Waals surface area contributed by atoms with Crippen molar-refractivity contribution in [1.29, 1.82) is 0 Å². The first-order valence-electron chi connectivity index (χ1n) is 6.54. The second kappa shape index (κ2) is 6.40. The van der Waals surface area contributed by atoms with Crippen LogP contribution in [0.3, 0.4) is 0 Å². The van der Waals surface area contributed by atoms with Crippen molar-refractivity contribution in [1.82, 2.24) is 5.32 Å². The maximum atomic E-state index is 12.0. The van der Waals surface area contributed by atoms with Gasteiger partial charge in [0.15, 0.2) is 0 Å². The van der Waals surface area contributed by atoms with Crippen molar-refractivity contribution >= 4 is 11.6 Å². The topological polar surface area (TPSA) is 61.4 Å². The number of carbonyl (C=O) groups excluding carboxylic acids is 1. The van der Waals surface area contributed by atoms with Gasteiger partial charge in [0.1, 0.15) is 0 Å². The summed E-state index contributed by atoms with van der Waals surface area (Å²) in [6.07, 6.45) is 2.69. The number of hydrogen-bond donors (Lipinski definition) is 3. The van der Waals surface area contributed by atoms with Crippen molar-refractivity contribution in [2.24, 2.45) is 0 Å². The van der Waals surface area contributed by atoms with Crippen LogP contribution in [0.1, 0.15) is 30.7 Å². The molecule has 1 aliphatic rings. The quantitative estimate of drug-likeness (QED) is 0.668. The Morgan fingerprint density at radius 3 is 3.00 bits per heavy atom. The smallest absolute Gasteiger partial charge is 0.229 e. The molecule has 0 saturated heterocycles. The van der Waals surface area contributed by atoms with Gasteiger partial charge in [0.2, 0.25) is 5.91 Å².